The van der Waals surface area contributed by atoms with Crippen molar-refractivity contribution >= 4 is 18.5 Å². The van der Waals surface area contributed by atoms with Crippen molar-refractivity contribution < 1.29 is 0 Å². The summed E-state index contributed by atoms with van der Waals surface area (Å²) in [5.74, 6) is 4.04. The minimum Gasteiger partial charge on any atom is -0.372 e. The van der Waals surface area contributed by atoms with Crippen molar-refractivity contribution in [2.45, 2.75) is 135 Å². The van der Waals surface area contributed by atoms with Crippen molar-refractivity contribution in [3.8, 4) is 0 Å². The maximum atomic E-state index is 5.97. The van der Waals surface area contributed by atoms with Crippen molar-refractivity contribution in [1.82, 2.24) is 14.5 Å². The average Bonchev–Trinajstić information content (AvgIpc) is 3.28. The van der Waals surface area contributed by atoms with Gasteiger partial charge in [0.05, 0.1) is 11.3 Å². The van der Waals surface area contributed by atoms with Gasteiger partial charge in [-0.1, -0.05) is 161 Å². The predicted octanol–water partition coefficient (Wildman–Crippen LogP) is 13.6. The molecule has 0 aromatic heterocycles. The molecular weight excluding hydrogens is 751 g/mol. The molecule has 0 N–H and O–H groups in total. The zero-order valence-electron chi connectivity index (χ0n) is 38.9. The van der Waals surface area contributed by atoms with Gasteiger partial charge in [0.15, 0.2) is 0 Å². The molecule has 0 aliphatic carbocycles. The Bertz CT molecular complexity index is 2080. The molecule has 0 saturated carbocycles. The lowest BCUT2D eigenvalue weighted by Crippen LogP contribution is -2.71. The number of piperidine rings is 3. The molecule has 322 valence electrons. The van der Waals surface area contributed by atoms with E-state index in [-0.39, 0.29) is 35.3 Å². The second-order valence-electron chi connectivity index (χ2n) is 20.7. The Morgan fingerprint density at radius 3 is 1.32 bits per heavy atom. The zero-order chi connectivity index (χ0) is 43.3. The van der Waals surface area contributed by atoms with Gasteiger partial charge in [0.1, 0.15) is 0 Å². The van der Waals surface area contributed by atoms with Crippen molar-refractivity contribution in [2.24, 2.45) is 4.99 Å². The normalized spacial score (nSPS) is 18.4. The van der Waals surface area contributed by atoms with Crippen LogP contribution in [0.1, 0.15) is 157 Å². The maximum Gasteiger partial charge on any atom is 0.375 e. The van der Waals surface area contributed by atoms with Crippen LogP contribution in [-0.2, 0) is 5.41 Å². The summed E-state index contributed by atoms with van der Waals surface area (Å²) in [6, 6.07) is 49.6. The predicted molar refractivity (Wildman–Crippen MR) is 264 cm³/mol. The first-order valence-corrected chi connectivity index (χ1v) is 23.9. The van der Waals surface area contributed by atoms with Crippen molar-refractivity contribution in [3.05, 3.63) is 178 Å². The van der Waals surface area contributed by atoms with E-state index >= 15 is 0 Å². The Labute approximate surface area is 375 Å². The fourth-order valence-corrected chi connectivity index (χ4v) is 11.2. The Kier molecular flexibility index (Phi) is 13.5. The van der Waals surface area contributed by atoms with Crippen molar-refractivity contribution in [3.63, 3.8) is 0 Å². The van der Waals surface area contributed by atoms with Gasteiger partial charge < -0.3 is 14.5 Å². The summed E-state index contributed by atoms with van der Waals surface area (Å²) in [5.41, 5.74) is 11.1. The molecule has 62 heavy (non-hydrogen) atoms. The average molecular weight is 823 g/mol. The number of rotatable bonds is 11. The topological polar surface area (TPSA) is 22.1 Å². The van der Waals surface area contributed by atoms with Crippen molar-refractivity contribution in [1.29, 1.82) is 0 Å². The van der Waals surface area contributed by atoms with Crippen LogP contribution in [0.5, 0.6) is 0 Å². The third-order valence-corrected chi connectivity index (χ3v) is 14.3. The highest BCUT2D eigenvalue weighted by atomic mass is 15.3. The summed E-state index contributed by atoms with van der Waals surface area (Å²) in [5, 5.41) is 0. The van der Waals surface area contributed by atoms with Gasteiger partial charge in [-0.2, -0.15) is 0 Å². The molecular formula is C57H71BN4. The molecule has 0 bridgehead atoms. The van der Waals surface area contributed by atoms with Crippen LogP contribution in [0.15, 0.2) is 144 Å². The third-order valence-electron chi connectivity index (χ3n) is 14.3. The van der Waals surface area contributed by atoms with E-state index in [2.05, 4.69) is 202 Å². The first kappa shape index (κ1) is 44.0. The molecule has 0 amide bonds. The standard InChI is InChI=1S/C57H71BN4/c1-55(2,3)48-41-49(52(44-27-14-8-15-28-44)45-29-16-9-17-30-45)54(50(42-48)53(46-31-18-10-19-32-46)47-33-20-11-21-34-47)59-43-51(60-37-22-12-23-38-60)58(61-39-24-13-25-40-61)62-56(4,5)35-26-36-57(62,6)7/h8-11,14-21,27-34,41-42,52-53H,12-13,22-26,35-40H2,1-7H3. The largest absolute Gasteiger partial charge is 0.375 e. The van der Waals surface area contributed by atoms with Gasteiger partial charge in [0, 0.05) is 41.9 Å². The molecule has 0 unspecified atom stereocenters. The molecule has 4 nitrogen and oxygen atoms in total. The fraction of sp³-hybridized carbons (Fsp3) is 0.439. The highest BCUT2D eigenvalue weighted by molar-refractivity contribution is 6.63. The summed E-state index contributed by atoms with van der Waals surface area (Å²) >= 11 is 0. The molecule has 0 atom stereocenters. The molecule has 0 spiro atoms. The van der Waals surface area contributed by atoms with E-state index in [0.717, 1.165) is 31.9 Å². The van der Waals surface area contributed by atoms with E-state index < -0.39 is 0 Å². The molecule has 3 saturated heterocycles. The van der Waals surface area contributed by atoms with Gasteiger partial charge in [0.2, 0.25) is 0 Å². The van der Waals surface area contributed by atoms with Crippen LogP contribution in [0.3, 0.4) is 0 Å². The Morgan fingerprint density at radius 2 is 0.935 bits per heavy atom. The molecule has 5 aromatic rings. The summed E-state index contributed by atoms with van der Waals surface area (Å²) in [6.45, 7) is 21.5. The summed E-state index contributed by atoms with van der Waals surface area (Å²) in [6.07, 6.45) is 11.1. The summed E-state index contributed by atoms with van der Waals surface area (Å²) < 4.78 is 0. The smallest absolute Gasteiger partial charge is 0.372 e. The number of hydrogen-bond donors (Lipinski definition) is 0. The zero-order valence-corrected chi connectivity index (χ0v) is 38.9. The Hall–Kier alpha value is -4.67. The monoisotopic (exact) mass is 823 g/mol. The number of hydrogen-bond acceptors (Lipinski definition) is 4. The van der Waals surface area contributed by atoms with E-state index in [9.17, 15) is 0 Å². The molecule has 0 radical (unpaired) electrons. The van der Waals surface area contributed by atoms with E-state index in [0.29, 0.717) is 0 Å². The van der Waals surface area contributed by atoms with Gasteiger partial charge in [-0.3, -0.25) is 0 Å². The van der Waals surface area contributed by atoms with Crippen LogP contribution in [0.4, 0.5) is 5.69 Å². The fourth-order valence-electron chi connectivity index (χ4n) is 11.2. The van der Waals surface area contributed by atoms with Gasteiger partial charge in [-0.25, -0.2) is 4.99 Å². The Morgan fingerprint density at radius 1 is 0.548 bits per heavy atom. The molecule has 3 heterocycles. The van der Waals surface area contributed by atoms with E-state index in [4.69, 9.17) is 4.99 Å². The van der Waals surface area contributed by atoms with Gasteiger partial charge in [-0.15, -0.1) is 0 Å². The van der Waals surface area contributed by atoms with E-state index in [1.165, 1.54) is 102 Å². The van der Waals surface area contributed by atoms with Crippen LogP contribution >= 0.6 is 0 Å². The summed E-state index contributed by atoms with van der Waals surface area (Å²) in [7, 11) is 0. The molecule has 5 heteroatoms. The first-order chi connectivity index (χ1) is 29.9. The quantitative estimate of drug-likeness (QED) is 0.0753. The van der Waals surface area contributed by atoms with Crippen LogP contribution in [0, 0.1) is 0 Å². The summed E-state index contributed by atoms with van der Waals surface area (Å²) in [4.78, 5) is 14.4. The molecule has 3 aliphatic rings. The van der Waals surface area contributed by atoms with Gasteiger partial charge >= 0.3 is 6.98 Å². The number of nitrogens with zero attached hydrogens (tertiary/aromatic N) is 4. The lowest BCUT2D eigenvalue weighted by Gasteiger charge is -2.58. The minimum atomic E-state index is -0.110. The van der Waals surface area contributed by atoms with Gasteiger partial charge in [0.25, 0.3) is 0 Å². The SMILES string of the molecule is CC(C)(C)c1cc(C(c2ccccc2)c2ccccc2)c(N=C=C(B(N2CCCCC2)N2C(C)(C)CCCC2(C)C)N2CCCCC2)c(C(c2ccccc2)c2ccccc2)c1. The first-order valence-electron chi connectivity index (χ1n) is 23.9. The second-order valence-corrected chi connectivity index (χ2v) is 20.7. The highest BCUT2D eigenvalue weighted by Gasteiger charge is 2.51. The molecule has 3 fully saturated rings. The third kappa shape index (κ3) is 9.62. The lowest BCUT2D eigenvalue weighted by atomic mass is 9.58. The number of benzene rings is 5. The van der Waals surface area contributed by atoms with Gasteiger partial charge in [-0.05, 0) is 137 Å². The van der Waals surface area contributed by atoms with Crippen LogP contribution in [-0.4, -0.2) is 64.6 Å². The van der Waals surface area contributed by atoms with E-state index in [1.54, 1.807) is 0 Å². The lowest BCUT2D eigenvalue weighted by molar-refractivity contribution is 0.0369. The highest BCUT2D eigenvalue weighted by Crippen LogP contribution is 2.47. The number of likely N-dealkylation sites (tertiary alicyclic amines) is 1. The minimum absolute atomic E-state index is 0.0225. The second kappa shape index (κ2) is 19.0. The Balaban J connectivity index is 1.50. The number of aliphatic imine (C=N–C) groups is 1. The van der Waals surface area contributed by atoms with Crippen LogP contribution in [0.25, 0.3) is 0 Å². The van der Waals surface area contributed by atoms with Crippen LogP contribution < -0.4 is 0 Å². The van der Waals surface area contributed by atoms with Crippen molar-refractivity contribution in [2.75, 3.05) is 26.2 Å². The maximum absolute atomic E-state index is 5.97. The molecule has 5 aromatic carbocycles. The van der Waals surface area contributed by atoms with E-state index in [1.807, 2.05) is 0 Å². The van der Waals surface area contributed by atoms with Crippen LogP contribution in [0.2, 0.25) is 0 Å². The molecule has 3 aliphatic heterocycles. The molecule has 8 rings (SSSR count).